The van der Waals surface area contributed by atoms with Gasteiger partial charge in [0.05, 0.1) is 16.8 Å². The predicted octanol–water partition coefficient (Wildman–Crippen LogP) is 1.83. The Morgan fingerprint density at radius 2 is 1.65 bits per heavy atom. The van der Waals surface area contributed by atoms with Gasteiger partial charge in [0.1, 0.15) is 0 Å². The molecule has 31 heavy (non-hydrogen) atoms. The van der Waals surface area contributed by atoms with Gasteiger partial charge >= 0.3 is 12.0 Å². The summed E-state index contributed by atoms with van der Waals surface area (Å²) in [5.74, 6) is -2.62. The first-order valence-corrected chi connectivity index (χ1v) is 9.70. The lowest BCUT2D eigenvalue weighted by molar-refractivity contribution is -0.123. The minimum absolute atomic E-state index is 0.0714. The number of ketones is 2. The fraction of sp³-hybridized carbons (Fsp3) is 0.227. The first kappa shape index (κ1) is 21.7. The van der Waals surface area contributed by atoms with Crippen LogP contribution in [-0.2, 0) is 9.53 Å². The maximum Gasteiger partial charge on any atom is 0.340 e. The van der Waals surface area contributed by atoms with Crippen molar-refractivity contribution < 1.29 is 28.7 Å². The number of anilines is 1. The van der Waals surface area contributed by atoms with Crippen molar-refractivity contribution in [1.82, 2.24) is 10.6 Å². The Morgan fingerprint density at radius 3 is 2.32 bits per heavy atom. The summed E-state index contributed by atoms with van der Waals surface area (Å²) >= 11 is 0. The number of hydrogen-bond acceptors (Lipinski definition) is 7. The number of esters is 1. The van der Waals surface area contributed by atoms with Crippen LogP contribution >= 0.6 is 0 Å². The van der Waals surface area contributed by atoms with Crippen LogP contribution in [-0.4, -0.2) is 42.6 Å². The largest absolute Gasteiger partial charge is 0.452 e. The minimum Gasteiger partial charge on any atom is -0.452 e. The molecule has 9 nitrogen and oxygen atoms in total. The lowest BCUT2D eigenvalue weighted by Crippen LogP contribution is -2.41. The fourth-order valence-electron chi connectivity index (χ4n) is 3.18. The highest BCUT2D eigenvalue weighted by Crippen LogP contribution is 2.32. The molecule has 4 N–H and O–H groups in total. The summed E-state index contributed by atoms with van der Waals surface area (Å²) in [5, 5.41) is 4.53. The number of urea groups is 1. The van der Waals surface area contributed by atoms with E-state index in [1.807, 2.05) is 12.2 Å². The Morgan fingerprint density at radius 1 is 0.968 bits per heavy atom. The SMILES string of the molecule is CCCCNC(=O)NC(=O)COC(=O)c1ccc2c(c1N)C(=O)c1ccccc1C2=O. The normalized spacial score (nSPS) is 11.9. The minimum atomic E-state index is -0.957. The number of carbonyl (C=O) groups excluding carboxylic acids is 5. The molecule has 2 aromatic rings. The van der Waals surface area contributed by atoms with Crippen molar-refractivity contribution in [2.75, 3.05) is 18.9 Å². The molecule has 0 unspecified atom stereocenters. The summed E-state index contributed by atoms with van der Waals surface area (Å²) in [6, 6.07) is 8.25. The van der Waals surface area contributed by atoms with Crippen molar-refractivity contribution in [3.8, 4) is 0 Å². The molecule has 160 valence electrons. The molecular formula is C22H21N3O6. The number of fused-ring (bicyclic) bond motifs is 2. The van der Waals surface area contributed by atoms with E-state index in [9.17, 15) is 24.0 Å². The van der Waals surface area contributed by atoms with Crippen molar-refractivity contribution in [3.05, 3.63) is 64.2 Å². The van der Waals surface area contributed by atoms with Gasteiger partial charge in [-0.05, 0) is 18.6 Å². The van der Waals surface area contributed by atoms with E-state index < -0.39 is 30.3 Å². The Balaban J connectivity index is 1.71. The van der Waals surface area contributed by atoms with Crippen LogP contribution in [0.15, 0.2) is 36.4 Å². The van der Waals surface area contributed by atoms with Gasteiger partial charge in [0, 0.05) is 23.2 Å². The third kappa shape index (κ3) is 4.45. The smallest absolute Gasteiger partial charge is 0.340 e. The number of benzene rings is 2. The number of nitrogens with one attached hydrogen (secondary N) is 2. The van der Waals surface area contributed by atoms with Gasteiger partial charge in [0.25, 0.3) is 5.91 Å². The van der Waals surface area contributed by atoms with E-state index in [4.69, 9.17) is 10.5 Å². The first-order valence-electron chi connectivity index (χ1n) is 9.70. The summed E-state index contributed by atoms with van der Waals surface area (Å²) in [6.45, 7) is 1.65. The molecule has 0 fully saturated rings. The molecule has 0 saturated carbocycles. The molecule has 0 heterocycles. The van der Waals surface area contributed by atoms with Crippen LogP contribution in [0, 0.1) is 0 Å². The molecule has 1 aliphatic rings. The number of amides is 3. The molecule has 0 bridgehead atoms. The molecule has 0 radical (unpaired) electrons. The topological polar surface area (TPSA) is 145 Å². The molecule has 0 aliphatic heterocycles. The second-order valence-corrected chi connectivity index (χ2v) is 6.89. The zero-order valence-corrected chi connectivity index (χ0v) is 16.8. The first-order chi connectivity index (χ1) is 14.8. The molecular weight excluding hydrogens is 402 g/mol. The molecule has 1 aliphatic carbocycles. The maximum absolute atomic E-state index is 12.9. The monoisotopic (exact) mass is 423 g/mol. The van der Waals surface area contributed by atoms with Gasteiger partial charge in [-0.2, -0.15) is 0 Å². The van der Waals surface area contributed by atoms with E-state index in [2.05, 4.69) is 5.32 Å². The number of carbonyl (C=O) groups is 5. The van der Waals surface area contributed by atoms with E-state index >= 15 is 0 Å². The highest BCUT2D eigenvalue weighted by molar-refractivity contribution is 6.30. The van der Waals surface area contributed by atoms with Crippen LogP contribution in [0.5, 0.6) is 0 Å². The van der Waals surface area contributed by atoms with Gasteiger partial charge in [0.2, 0.25) is 0 Å². The van der Waals surface area contributed by atoms with Crippen molar-refractivity contribution in [2.24, 2.45) is 0 Å². The lowest BCUT2D eigenvalue weighted by atomic mass is 9.82. The molecule has 0 saturated heterocycles. The van der Waals surface area contributed by atoms with Gasteiger partial charge in [-0.25, -0.2) is 9.59 Å². The van der Waals surface area contributed by atoms with Crippen molar-refractivity contribution in [1.29, 1.82) is 0 Å². The Kier molecular flexibility index (Phi) is 6.44. The van der Waals surface area contributed by atoms with E-state index in [1.54, 1.807) is 18.2 Å². The number of ether oxygens (including phenoxy) is 1. The highest BCUT2D eigenvalue weighted by atomic mass is 16.5. The Hall–Kier alpha value is -4.01. The van der Waals surface area contributed by atoms with Crippen LogP contribution in [0.1, 0.15) is 62.0 Å². The van der Waals surface area contributed by atoms with Gasteiger partial charge in [-0.15, -0.1) is 0 Å². The van der Waals surface area contributed by atoms with Crippen molar-refractivity contribution in [2.45, 2.75) is 19.8 Å². The third-order valence-corrected chi connectivity index (χ3v) is 4.76. The van der Waals surface area contributed by atoms with Gasteiger partial charge in [-0.3, -0.25) is 19.7 Å². The maximum atomic E-state index is 12.9. The molecule has 3 amide bonds. The van der Waals surface area contributed by atoms with Crippen LogP contribution in [0.3, 0.4) is 0 Å². The van der Waals surface area contributed by atoms with Crippen LogP contribution in [0.25, 0.3) is 0 Å². The summed E-state index contributed by atoms with van der Waals surface area (Å²) in [4.78, 5) is 61.3. The molecule has 2 aromatic carbocycles. The quantitative estimate of drug-likeness (QED) is 0.311. The molecule has 0 spiro atoms. The van der Waals surface area contributed by atoms with Gasteiger partial charge < -0.3 is 15.8 Å². The summed E-state index contributed by atoms with van der Waals surface area (Å²) in [7, 11) is 0. The van der Waals surface area contributed by atoms with E-state index in [0.29, 0.717) is 6.54 Å². The van der Waals surface area contributed by atoms with Crippen LogP contribution < -0.4 is 16.4 Å². The van der Waals surface area contributed by atoms with Crippen LogP contribution in [0.2, 0.25) is 0 Å². The highest BCUT2D eigenvalue weighted by Gasteiger charge is 2.33. The number of nitrogen functional groups attached to an aromatic ring is 1. The summed E-state index contributed by atoms with van der Waals surface area (Å²) in [5.41, 5.74) is 6.17. The number of unbranched alkanes of at least 4 members (excludes halogenated alkanes) is 1. The second kappa shape index (κ2) is 9.21. The van der Waals surface area contributed by atoms with Gasteiger partial charge in [0.15, 0.2) is 18.2 Å². The molecule has 9 heteroatoms. The number of imide groups is 1. The molecule has 0 atom stereocenters. The molecule has 0 aromatic heterocycles. The zero-order valence-electron chi connectivity index (χ0n) is 16.8. The summed E-state index contributed by atoms with van der Waals surface area (Å²) < 4.78 is 4.91. The molecule has 3 rings (SSSR count). The average Bonchev–Trinajstić information content (AvgIpc) is 2.76. The number of hydrogen-bond donors (Lipinski definition) is 3. The standard InChI is InChI=1S/C22H21N3O6/c1-2-3-10-24-22(30)25-16(26)11-31-21(29)15-9-8-14-17(18(15)23)20(28)13-7-5-4-6-12(13)19(14)27/h4-9H,2-3,10-11,23H2,1H3,(H2,24,25,26,30). The van der Waals surface area contributed by atoms with Crippen LogP contribution in [0.4, 0.5) is 10.5 Å². The second-order valence-electron chi connectivity index (χ2n) is 6.89. The Bertz CT molecular complexity index is 1090. The lowest BCUT2D eigenvalue weighted by Gasteiger charge is -2.20. The van der Waals surface area contributed by atoms with E-state index in [-0.39, 0.29) is 39.3 Å². The van der Waals surface area contributed by atoms with E-state index in [0.717, 1.165) is 12.8 Å². The van der Waals surface area contributed by atoms with E-state index in [1.165, 1.54) is 18.2 Å². The fourth-order valence-corrected chi connectivity index (χ4v) is 3.18. The van der Waals surface area contributed by atoms with Crippen molar-refractivity contribution >= 4 is 35.2 Å². The number of nitrogens with two attached hydrogens (primary N) is 1. The summed E-state index contributed by atoms with van der Waals surface area (Å²) in [6.07, 6.45) is 1.65. The third-order valence-electron chi connectivity index (χ3n) is 4.76. The van der Waals surface area contributed by atoms with Crippen molar-refractivity contribution in [3.63, 3.8) is 0 Å². The Labute approximate surface area is 177 Å². The van der Waals surface area contributed by atoms with Gasteiger partial charge in [-0.1, -0.05) is 37.6 Å². The zero-order chi connectivity index (χ0) is 22.5. The average molecular weight is 423 g/mol. The predicted molar refractivity (Wildman–Crippen MR) is 111 cm³/mol. The number of rotatable bonds is 6.